The first-order valence-electron chi connectivity index (χ1n) is 12.5. The van der Waals surface area contributed by atoms with Gasteiger partial charge in [-0.05, 0) is 44.0 Å². The van der Waals surface area contributed by atoms with E-state index in [9.17, 15) is 32.9 Å². The predicted octanol–water partition coefficient (Wildman–Crippen LogP) is 4.06. The molecular weight excluding hydrogens is 503 g/mol. The lowest BCUT2D eigenvalue weighted by atomic mass is 10.0. The number of nitrogens with one attached hydrogen (secondary N) is 1. The van der Waals surface area contributed by atoms with Crippen molar-refractivity contribution < 1.29 is 27.7 Å². The third-order valence-electron chi connectivity index (χ3n) is 7.05. The number of nitro benzene ring substituents is 1. The number of piperidine rings is 1. The zero-order valence-electron chi connectivity index (χ0n) is 21.0. The summed E-state index contributed by atoms with van der Waals surface area (Å²) in [5.41, 5.74) is 0.122. The quantitative estimate of drug-likeness (QED) is 0.342. The second-order valence-electron chi connectivity index (χ2n) is 9.67. The van der Waals surface area contributed by atoms with Gasteiger partial charge in [-0.2, -0.15) is 13.2 Å². The molecule has 2 aromatic rings. The van der Waals surface area contributed by atoms with E-state index in [1.807, 2.05) is 6.92 Å². The minimum atomic E-state index is -4.85. The van der Waals surface area contributed by atoms with Crippen molar-refractivity contribution in [3.05, 3.63) is 63.7 Å². The molecule has 0 aliphatic carbocycles. The van der Waals surface area contributed by atoms with E-state index in [0.29, 0.717) is 52.1 Å². The highest BCUT2D eigenvalue weighted by atomic mass is 19.4. The number of nitro groups is 1. The number of benzene rings is 2. The number of alkyl halides is 3. The molecule has 2 aliphatic rings. The molecule has 38 heavy (non-hydrogen) atoms. The van der Waals surface area contributed by atoms with Crippen LogP contribution < -0.4 is 10.2 Å². The van der Waals surface area contributed by atoms with E-state index in [0.717, 1.165) is 17.8 Å². The average Bonchev–Trinajstić information content (AvgIpc) is 2.89. The van der Waals surface area contributed by atoms with Crippen LogP contribution >= 0.6 is 0 Å². The van der Waals surface area contributed by atoms with E-state index >= 15 is 0 Å². The van der Waals surface area contributed by atoms with Crippen LogP contribution in [-0.2, 0) is 15.8 Å². The van der Waals surface area contributed by atoms with E-state index in [1.54, 1.807) is 9.80 Å². The van der Waals surface area contributed by atoms with Crippen LogP contribution in [0.4, 0.5) is 30.2 Å². The number of likely N-dealkylation sites (tertiary alicyclic amines) is 1. The maximum atomic E-state index is 13.2. The maximum absolute atomic E-state index is 13.2. The molecule has 2 aromatic carbocycles. The van der Waals surface area contributed by atoms with E-state index in [2.05, 4.69) is 34.5 Å². The Balaban J connectivity index is 1.24. The lowest BCUT2D eigenvalue weighted by Gasteiger charge is -2.37. The van der Waals surface area contributed by atoms with Gasteiger partial charge in [-0.25, -0.2) is 0 Å². The van der Waals surface area contributed by atoms with Crippen LogP contribution in [0.5, 0.6) is 0 Å². The SMILES string of the molecule is Cc1ccc(N2CCN(C(=O)CC(=O)N3CCC(Nc4ccc([N+](=O)[O-])c(C(F)(F)F)c4)CC3)CC2)cc1. The zero-order chi connectivity index (χ0) is 27.4. The van der Waals surface area contributed by atoms with Gasteiger partial charge in [0.25, 0.3) is 5.69 Å². The molecule has 1 N–H and O–H groups in total. The van der Waals surface area contributed by atoms with Gasteiger partial charge in [0.1, 0.15) is 12.0 Å². The Labute approximate surface area is 218 Å². The number of anilines is 2. The molecule has 12 heteroatoms. The fourth-order valence-corrected chi connectivity index (χ4v) is 4.84. The van der Waals surface area contributed by atoms with Crippen LogP contribution in [0.3, 0.4) is 0 Å². The van der Waals surface area contributed by atoms with Gasteiger partial charge in [0, 0.05) is 62.8 Å². The van der Waals surface area contributed by atoms with Crippen molar-refractivity contribution in [3.63, 3.8) is 0 Å². The number of nitrogens with zero attached hydrogens (tertiary/aromatic N) is 4. The molecule has 2 fully saturated rings. The first-order chi connectivity index (χ1) is 18.0. The summed E-state index contributed by atoms with van der Waals surface area (Å²) >= 11 is 0. The molecule has 4 rings (SSSR count). The molecule has 0 bridgehead atoms. The van der Waals surface area contributed by atoms with Gasteiger partial charge in [0.2, 0.25) is 11.8 Å². The molecule has 9 nitrogen and oxygen atoms in total. The van der Waals surface area contributed by atoms with Crippen molar-refractivity contribution in [2.24, 2.45) is 0 Å². The van der Waals surface area contributed by atoms with Gasteiger partial charge in [0.05, 0.1) is 4.92 Å². The third-order valence-corrected chi connectivity index (χ3v) is 7.05. The van der Waals surface area contributed by atoms with E-state index in [1.165, 1.54) is 11.6 Å². The van der Waals surface area contributed by atoms with Gasteiger partial charge < -0.3 is 20.0 Å². The predicted molar refractivity (Wildman–Crippen MR) is 136 cm³/mol. The van der Waals surface area contributed by atoms with Crippen LogP contribution in [0, 0.1) is 17.0 Å². The second kappa shape index (κ2) is 11.3. The van der Waals surface area contributed by atoms with E-state index < -0.39 is 22.4 Å². The Morgan fingerprint density at radius 1 is 0.947 bits per heavy atom. The smallest absolute Gasteiger partial charge is 0.382 e. The van der Waals surface area contributed by atoms with Crippen LogP contribution in [0.1, 0.15) is 30.4 Å². The van der Waals surface area contributed by atoms with Gasteiger partial charge in [-0.3, -0.25) is 19.7 Å². The first-order valence-corrected chi connectivity index (χ1v) is 12.5. The van der Waals surface area contributed by atoms with Crippen molar-refractivity contribution >= 4 is 28.9 Å². The first kappa shape index (κ1) is 27.2. The Morgan fingerprint density at radius 2 is 1.53 bits per heavy atom. The summed E-state index contributed by atoms with van der Waals surface area (Å²) < 4.78 is 39.7. The summed E-state index contributed by atoms with van der Waals surface area (Å²) in [5, 5.41) is 13.9. The highest BCUT2D eigenvalue weighted by Crippen LogP contribution is 2.38. The Hall–Kier alpha value is -3.83. The van der Waals surface area contributed by atoms with E-state index in [-0.39, 0.29) is 30.0 Å². The summed E-state index contributed by atoms with van der Waals surface area (Å²) in [6, 6.07) is 10.9. The third kappa shape index (κ3) is 6.53. The summed E-state index contributed by atoms with van der Waals surface area (Å²) in [4.78, 5) is 40.9. The number of aryl methyl sites for hydroxylation is 1. The molecule has 2 amide bonds. The fourth-order valence-electron chi connectivity index (χ4n) is 4.84. The molecule has 0 radical (unpaired) electrons. The molecule has 204 valence electrons. The fraction of sp³-hybridized carbons (Fsp3) is 0.462. The number of piperazine rings is 1. The molecular formula is C26H30F3N5O4. The second-order valence-corrected chi connectivity index (χ2v) is 9.67. The van der Waals surface area contributed by atoms with E-state index in [4.69, 9.17) is 0 Å². The summed E-state index contributed by atoms with van der Waals surface area (Å²) in [6.45, 7) is 5.23. The molecule has 0 unspecified atom stereocenters. The molecule has 0 atom stereocenters. The topological polar surface area (TPSA) is 99.0 Å². The standard InChI is InChI=1S/C26H30F3N5O4/c1-18-2-5-21(6-3-18)31-12-14-33(15-13-31)25(36)17-24(35)32-10-8-19(9-11-32)30-20-4-7-23(34(37)38)22(16-20)26(27,28)29/h2-7,16,19,30H,8-15,17H2,1H3. The minimum Gasteiger partial charge on any atom is -0.382 e. The van der Waals surface area contributed by atoms with Gasteiger partial charge in [0.15, 0.2) is 0 Å². The normalized spacial score (nSPS) is 16.9. The Morgan fingerprint density at radius 3 is 2.08 bits per heavy atom. The number of carbonyl (C=O) groups is 2. The van der Waals surface area contributed by atoms with Crippen molar-refractivity contribution in [2.45, 2.75) is 38.4 Å². The van der Waals surface area contributed by atoms with Crippen molar-refractivity contribution in [2.75, 3.05) is 49.5 Å². The summed E-state index contributed by atoms with van der Waals surface area (Å²) in [7, 11) is 0. The maximum Gasteiger partial charge on any atom is 0.423 e. The average molecular weight is 534 g/mol. The van der Waals surface area contributed by atoms with Crippen molar-refractivity contribution in [1.82, 2.24) is 9.80 Å². The van der Waals surface area contributed by atoms with Crippen molar-refractivity contribution in [3.8, 4) is 0 Å². The molecule has 0 spiro atoms. The molecule has 2 saturated heterocycles. The Kier molecular flexibility index (Phi) is 8.08. The highest BCUT2D eigenvalue weighted by molar-refractivity contribution is 5.97. The molecule has 2 aliphatic heterocycles. The molecule has 2 heterocycles. The largest absolute Gasteiger partial charge is 0.423 e. The summed E-state index contributed by atoms with van der Waals surface area (Å²) in [6.07, 6.45) is -4.10. The lowest BCUT2D eigenvalue weighted by Crippen LogP contribution is -2.50. The van der Waals surface area contributed by atoms with Gasteiger partial charge in [-0.15, -0.1) is 0 Å². The molecule has 0 saturated carbocycles. The van der Waals surface area contributed by atoms with Crippen LogP contribution in [0.25, 0.3) is 0 Å². The summed E-state index contributed by atoms with van der Waals surface area (Å²) in [5.74, 6) is -0.464. The Bertz CT molecular complexity index is 1170. The monoisotopic (exact) mass is 533 g/mol. The number of amides is 2. The number of hydrogen-bond acceptors (Lipinski definition) is 6. The van der Waals surface area contributed by atoms with Crippen molar-refractivity contribution in [1.29, 1.82) is 0 Å². The lowest BCUT2D eigenvalue weighted by molar-refractivity contribution is -0.388. The zero-order valence-corrected chi connectivity index (χ0v) is 21.0. The van der Waals surface area contributed by atoms with Gasteiger partial charge in [-0.1, -0.05) is 17.7 Å². The van der Waals surface area contributed by atoms with Crippen LogP contribution in [-0.4, -0.2) is 71.8 Å². The highest BCUT2D eigenvalue weighted by Gasteiger charge is 2.38. The number of halogens is 3. The van der Waals surface area contributed by atoms with Gasteiger partial charge >= 0.3 is 6.18 Å². The van der Waals surface area contributed by atoms with Crippen LogP contribution in [0.2, 0.25) is 0 Å². The number of carbonyl (C=O) groups excluding carboxylic acids is 2. The van der Waals surface area contributed by atoms with Crippen LogP contribution in [0.15, 0.2) is 42.5 Å². The number of rotatable bonds is 6. The minimum absolute atomic E-state index is 0.132. The number of hydrogen-bond donors (Lipinski definition) is 1. The molecule has 0 aromatic heterocycles.